The molecule has 0 aliphatic carbocycles. The van der Waals surface area contributed by atoms with Gasteiger partial charge in [0.05, 0.1) is 19.1 Å². The average molecular weight is 467 g/mol. The Labute approximate surface area is 192 Å². The maximum Gasteiger partial charge on any atom is 0.248 e. The molecule has 2 amide bonds. The van der Waals surface area contributed by atoms with Crippen molar-refractivity contribution in [1.29, 1.82) is 0 Å². The van der Waals surface area contributed by atoms with E-state index >= 15 is 0 Å². The number of anilines is 1. The van der Waals surface area contributed by atoms with Crippen LogP contribution in [0.1, 0.15) is 51.4 Å². The van der Waals surface area contributed by atoms with Crippen LogP contribution in [-0.2, 0) is 27.3 Å². The van der Waals surface area contributed by atoms with Crippen molar-refractivity contribution in [2.75, 3.05) is 18.5 Å². The van der Waals surface area contributed by atoms with E-state index in [2.05, 4.69) is 21.1 Å². The molecule has 0 fully saturated rings. The predicted molar refractivity (Wildman–Crippen MR) is 119 cm³/mol. The van der Waals surface area contributed by atoms with Gasteiger partial charge in [-0.3, -0.25) is 9.59 Å². The SMILES string of the molecule is CCCC(NC(=O)Cc1cc(F)cc(F)c1)C(=O)Nc1cc(CNCCCOC(C)C)on1. The normalized spacial score (nSPS) is 12.1. The molecule has 1 heterocycles. The molecule has 0 saturated carbocycles. The number of hydrogen-bond donors (Lipinski definition) is 3. The maximum atomic E-state index is 13.3. The number of hydrogen-bond acceptors (Lipinski definition) is 6. The number of amides is 2. The molecule has 182 valence electrons. The van der Waals surface area contributed by atoms with Gasteiger partial charge in [0.1, 0.15) is 17.7 Å². The van der Waals surface area contributed by atoms with Crippen molar-refractivity contribution in [1.82, 2.24) is 15.8 Å². The van der Waals surface area contributed by atoms with Crippen molar-refractivity contribution in [2.24, 2.45) is 0 Å². The lowest BCUT2D eigenvalue weighted by molar-refractivity contribution is -0.126. The first kappa shape index (κ1) is 26.4. The van der Waals surface area contributed by atoms with Crippen LogP contribution in [-0.4, -0.2) is 42.3 Å². The number of carbonyl (C=O) groups is 2. The Balaban J connectivity index is 1.82. The van der Waals surface area contributed by atoms with E-state index in [1.165, 1.54) is 0 Å². The van der Waals surface area contributed by atoms with Crippen LogP contribution in [0.5, 0.6) is 0 Å². The van der Waals surface area contributed by atoms with Gasteiger partial charge in [-0.1, -0.05) is 18.5 Å². The third-order valence-corrected chi connectivity index (χ3v) is 4.57. The summed E-state index contributed by atoms with van der Waals surface area (Å²) < 4.78 is 37.4. The van der Waals surface area contributed by atoms with Crippen molar-refractivity contribution in [3.8, 4) is 0 Å². The van der Waals surface area contributed by atoms with E-state index < -0.39 is 29.5 Å². The standard InChI is InChI=1S/C23H32F2N4O4/c1-4-6-20(27-22(30)11-16-9-17(24)12-18(25)10-16)23(31)28-21-13-19(33-29-21)14-26-7-5-8-32-15(2)3/h9-10,12-13,15,20,26H,4-8,11,14H2,1-3H3,(H,27,30)(H,28,29,31). The number of benzene rings is 1. The van der Waals surface area contributed by atoms with Crippen LogP contribution in [0.4, 0.5) is 14.6 Å². The van der Waals surface area contributed by atoms with E-state index in [0.29, 0.717) is 31.8 Å². The van der Waals surface area contributed by atoms with Gasteiger partial charge in [-0.25, -0.2) is 8.78 Å². The molecule has 0 bridgehead atoms. The van der Waals surface area contributed by atoms with Crippen molar-refractivity contribution >= 4 is 17.6 Å². The Bertz CT molecular complexity index is 884. The largest absolute Gasteiger partial charge is 0.379 e. The van der Waals surface area contributed by atoms with E-state index in [9.17, 15) is 18.4 Å². The fraction of sp³-hybridized carbons (Fsp3) is 0.522. The van der Waals surface area contributed by atoms with Gasteiger partial charge in [-0.2, -0.15) is 0 Å². The molecule has 8 nitrogen and oxygen atoms in total. The fourth-order valence-electron chi connectivity index (χ4n) is 3.10. The van der Waals surface area contributed by atoms with E-state index in [1.807, 2.05) is 20.8 Å². The second-order valence-corrected chi connectivity index (χ2v) is 7.98. The van der Waals surface area contributed by atoms with Gasteiger partial charge in [0.25, 0.3) is 0 Å². The van der Waals surface area contributed by atoms with E-state index in [-0.39, 0.29) is 23.9 Å². The van der Waals surface area contributed by atoms with Crippen LogP contribution in [0.3, 0.4) is 0 Å². The van der Waals surface area contributed by atoms with Crippen LogP contribution >= 0.6 is 0 Å². The van der Waals surface area contributed by atoms with Gasteiger partial charge in [-0.15, -0.1) is 0 Å². The van der Waals surface area contributed by atoms with Gasteiger partial charge >= 0.3 is 0 Å². The highest BCUT2D eigenvalue weighted by Gasteiger charge is 2.21. The molecule has 1 unspecified atom stereocenters. The molecule has 0 aliphatic rings. The lowest BCUT2D eigenvalue weighted by atomic mass is 10.1. The fourth-order valence-corrected chi connectivity index (χ4v) is 3.10. The summed E-state index contributed by atoms with van der Waals surface area (Å²) in [6.45, 7) is 7.71. The van der Waals surface area contributed by atoms with Gasteiger partial charge in [0, 0.05) is 18.7 Å². The summed E-state index contributed by atoms with van der Waals surface area (Å²) in [5.74, 6) is -1.70. The van der Waals surface area contributed by atoms with Crippen molar-refractivity contribution in [3.63, 3.8) is 0 Å². The Hall–Kier alpha value is -2.85. The van der Waals surface area contributed by atoms with Gasteiger partial charge < -0.3 is 25.2 Å². The number of halogens is 2. The molecule has 0 radical (unpaired) electrons. The molecule has 2 rings (SSSR count). The molecular formula is C23H32F2N4O4. The van der Waals surface area contributed by atoms with E-state index in [0.717, 1.165) is 31.2 Å². The highest BCUT2D eigenvalue weighted by Crippen LogP contribution is 2.12. The molecular weight excluding hydrogens is 434 g/mol. The van der Waals surface area contributed by atoms with Crippen LogP contribution in [0.25, 0.3) is 0 Å². The highest BCUT2D eigenvalue weighted by atomic mass is 19.1. The van der Waals surface area contributed by atoms with Gasteiger partial charge in [0.15, 0.2) is 11.6 Å². The molecule has 0 aliphatic heterocycles. The first-order valence-electron chi connectivity index (χ1n) is 11.1. The Morgan fingerprint density at radius 2 is 1.88 bits per heavy atom. The van der Waals surface area contributed by atoms with Crippen LogP contribution in [0.15, 0.2) is 28.8 Å². The highest BCUT2D eigenvalue weighted by molar-refractivity contribution is 5.96. The molecule has 1 aromatic heterocycles. The minimum Gasteiger partial charge on any atom is -0.379 e. The van der Waals surface area contributed by atoms with Gasteiger partial charge in [0.2, 0.25) is 11.8 Å². The van der Waals surface area contributed by atoms with Crippen LogP contribution in [0.2, 0.25) is 0 Å². The first-order chi connectivity index (χ1) is 15.8. The summed E-state index contributed by atoms with van der Waals surface area (Å²) in [6, 6.07) is 3.69. The minimum atomic E-state index is -0.819. The molecule has 0 spiro atoms. The van der Waals surface area contributed by atoms with Crippen LogP contribution < -0.4 is 16.0 Å². The van der Waals surface area contributed by atoms with E-state index in [4.69, 9.17) is 9.26 Å². The maximum absolute atomic E-state index is 13.3. The molecule has 2 aromatic rings. The summed E-state index contributed by atoms with van der Waals surface area (Å²) in [5, 5.41) is 12.3. The third kappa shape index (κ3) is 10.1. The molecule has 0 saturated heterocycles. The first-order valence-corrected chi connectivity index (χ1v) is 11.1. The number of carbonyl (C=O) groups excluding carboxylic acids is 2. The lowest BCUT2D eigenvalue weighted by Gasteiger charge is -2.17. The van der Waals surface area contributed by atoms with Crippen LogP contribution in [0, 0.1) is 11.6 Å². The Kier molecular flexibility index (Phi) is 10.9. The summed E-state index contributed by atoms with van der Waals surface area (Å²) in [5.41, 5.74) is 0.185. The smallest absolute Gasteiger partial charge is 0.248 e. The Morgan fingerprint density at radius 1 is 1.15 bits per heavy atom. The van der Waals surface area contributed by atoms with Crippen molar-refractivity contribution in [3.05, 3.63) is 47.2 Å². The monoisotopic (exact) mass is 466 g/mol. The molecule has 33 heavy (non-hydrogen) atoms. The van der Waals surface area contributed by atoms with Crippen molar-refractivity contribution in [2.45, 2.75) is 65.1 Å². The predicted octanol–water partition coefficient (Wildman–Crippen LogP) is 3.32. The summed E-state index contributed by atoms with van der Waals surface area (Å²) in [4.78, 5) is 25.0. The minimum absolute atomic E-state index is 0.185. The zero-order chi connectivity index (χ0) is 24.2. The number of rotatable bonds is 14. The molecule has 3 N–H and O–H groups in total. The number of aromatic nitrogens is 1. The zero-order valence-corrected chi connectivity index (χ0v) is 19.2. The van der Waals surface area contributed by atoms with E-state index in [1.54, 1.807) is 6.07 Å². The average Bonchev–Trinajstić information content (AvgIpc) is 3.16. The second-order valence-electron chi connectivity index (χ2n) is 7.98. The number of ether oxygens (including phenoxy) is 1. The molecule has 1 aromatic carbocycles. The Morgan fingerprint density at radius 3 is 2.55 bits per heavy atom. The van der Waals surface area contributed by atoms with Crippen molar-refractivity contribution < 1.29 is 27.6 Å². The zero-order valence-electron chi connectivity index (χ0n) is 19.2. The number of nitrogens with zero attached hydrogens (tertiary/aromatic N) is 1. The summed E-state index contributed by atoms with van der Waals surface area (Å²) >= 11 is 0. The number of nitrogens with one attached hydrogen (secondary N) is 3. The third-order valence-electron chi connectivity index (χ3n) is 4.57. The molecule has 10 heteroatoms. The lowest BCUT2D eigenvalue weighted by Crippen LogP contribution is -2.44. The second kappa shape index (κ2) is 13.6. The summed E-state index contributed by atoms with van der Waals surface area (Å²) in [6.07, 6.45) is 1.85. The summed E-state index contributed by atoms with van der Waals surface area (Å²) in [7, 11) is 0. The molecule has 1 atom stereocenters. The quantitative estimate of drug-likeness (QED) is 0.369. The topological polar surface area (TPSA) is 105 Å². The van der Waals surface area contributed by atoms with Gasteiger partial charge in [-0.05, 0) is 50.9 Å².